The maximum Gasteiger partial charge on any atom is 0.430 e. The zero-order valence-corrected chi connectivity index (χ0v) is 13.5. The van der Waals surface area contributed by atoms with Gasteiger partial charge in [-0.3, -0.25) is 14.6 Å². The van der Waals surface area contributed by atoms with Crippen LogP contribution in [0.5, 0.6) is 0 Å². The van der Waals surface area contributed by atoms with Gasteiger partial charge in [-0.15, -0.1) is 0 Å². The number of hydrogen-bond acceptors (Lipinski definition) is 6. The van der Waals surface area contributed by atoms with E-state index < -0.39 is 30.6 Å². The van der Waals surface area contributed by atoms with Crippen molar-refractivity contribution in [2.75, 3.05) is 6.54 Å². The Morgan fingerprint density at radius 3 is 2.33 bits per heavy atom. The molecule has 0 bridgehead atoms. The largest absolute Gasteiger partial charge is 0.542 e. The van der Waals surface area contributed by atoms with Crippen LogP contribution in [0.1, 0.15) is 0 Å². The molecule has 0 aromatic carbocycles. The van der Waals surface area contributed by atoms with Crippen molar-refractivity contribution in [1.82, 2.24) is 15.4 Å². The molecule has 0 aliphatic heterocycles. The number of carboxylic acids is 2. The highest BCUT2D eigenvalue weighted by Crippen LogP contribution is 2.12. The molecule has 0 fully saturated rings. The van der Waals surface area contributed by atoms with Gasteiger partial charge in [0, 0.05) is 17.8 Å². The Labute approximate surface area is 150 Å². The first-order valence-corrected chi connectivity index (χ1v) is 7.13. The first-order chi connectivity index (χ1) is 12.6. The van der Waals surface area contributed by atoms with Gasteiger partial charge in [-0.2, -0.15) is 13.2 Å². The van der Waals surface area contributed by atoms with Crippen LogP contribution < -0.4 is 15.1 Å². The van der Waals surface area contributed by atoms with E-state index >= 15 is 0 Å². The predicted octanol–water partition coefficient (Wildman–Crippen LogP) is -1.07. The lowest BCUT2D eigenvalue weighted by molar-refractivity contribution is -0.742. The van der Waals surface area contributed by atoms with Crippen LogP contribution in [-0.2, 0) is 20.9 Å². The molecule has 144 valence electrons. The molecule has 2 N–H and O–H groups in total. The van der Waals surface area contributed by atoms with Crippen molar-refractivity contribution in [2.24, 2.45) is 0 Å². The summed E-state index contributed by atoms with van der Waals surface area (Å²) in [5, 5.41) is 23.6. The zero-order valence-electron chi connectivity index (χ0n) is 13.5. The molecule has 0 aliphatic carbocycles. The standard InChI is InChI=1S/C13H12N4O3.C2HF3O2/c18-12(15-8-13(19)20)9-17-6-4-10(7-16-17)11-3-1-2-5-14-11;3-2(4,5)1(6)7/h1-7H,8-9H2,(H-,15,18,19,20);(H,6,7). The highest BCUT2D eigenvalue weighted by atomic mass is 19.4. The molecule has 0 unspecified atom stereocenters. The summed E-state index contributed by atoms with van der Waals surface area (Å²) in [5.74, 6) is -4.50. The molecular formula is C15H13F3N4O5. The lowest BCUT2D eigenvalue weighted by Gasteiger charge is -2.03. The minimum absolute atomic E-state index is 0.0320. The molecule has 2 aromatic heterocycles. The second kappa shape index (κ2) is 9.79. The van der Waals surface area contributed by atoms with Gasteiger partial charge in [0.15, 0.2) is 6.20 Å². The Kier molecular flexibility index (Phi) is 7.79. The van der Waals surface area contributed by atoms with Crippen molar-refractivity contribution in [3.05, 3.63) is 42.9 Å². The van der Waals surface area contributed by atoms with E-state index in [9.17, 15) is 22.8 Å². The van der Waals surface area contributed by atoms with Crippen LogP contribution in [0.25, 0.3) is 11.3 Å². The molecule has 0 radical (unpaired) electrons. The molecule has 2 heterocycles. The molecule has 0 atom stereocenters. The lowest BCUT2D eigenvalue weighted by Crippen LogP contribution is -2.46. The van der Waals surface area contributed by atoms with Crippen LogP contribution in [0.4, 0.5) is 13.2 Å². The van der Waals surface area contributed by atoms with Gasteiger partial charge in [0.05, 0.1) is 5.69 Å². The number of amides is 1. The van der Waals surface area contributed by atoms with Crippen molar-refractivity contribution in [1.29, 1.82) is 0 Å². The van der Waals surface area contributed by atoms with E-state index in [1.807, 2.05) is 18.2 Å². The van der Waals surface area contributed by atoms with E-state index in [2.05, 4.69) is 15.4 Å². The predicted molar refractivity (Wildman–Crippen MR) is 79.4 cm³/mol. The average Bonchev–Trinajstić information content (AvgIpc) is 2.61. The highest BCUT2D eigenvalue weighted by molar-refractivity contribution is 5.80. The summed E-state index contributed by atoms with van der Waals surface area (Å²) in [6.45, 7) is -0.429. The fourth-order valence-electron chi connectivity index (χ4n) is 1.54. The Hall–Kier alpha value is -3.57. The van der Waals surface area contributed by atoms with Gasteiger partial charge >= 0.3 is 12.1 Å². The van der Waals surface area contributed by atoms with E-state index in [1.165, 1.54) is 4.68 Å². The number of nitrogens with zero attached hydrogens (tertiary/aromatic N) is 3. The van der Waals surface area contributed by atoms with Crippen LogP contribution in [0, 0.1) is 0 Å². The Bertz CT molecular complexity index is 782. The number of carbonyl (C=O) groups excluding carboxylic acids is 2. The molecule has 9 nitrogen and oxygen atoms in total. The fourth-order valence-corrected chi connectivity index (χ4v) is 1.54. The van der Waals surface area contributed by atoms with Gasteiger partial charge in [0.25, 0.3) is 12.5 Å². The van der Waals surface area contributed by atoms with Crippen LogP contribution in [0.3, 0.4) is 0 Å². The number of pyridine rings is 1. The van der Waals surface area contributed by atoms with Gasteiger partial charge in [-0.1, -0.05) is 10.7 Å². The maximum absolute atomic E-state index is 11.4. The van der Waals surface area contributed by atoms with E-state index in [1.54, 1.807) is 24.7 Å². The Morgan fingerprint density at radius 2 is 1.89 bits per heavy atom. The number of rotatable bonds is 5. The van der Waals surface area contributed by atoms with Crippen molar-refractivity contribution in [3.63, 3.8) is 0 Å². The van der Waals surface area contributed by atoms with Crippen LogP contribution >= 0.6 is 0 Å². The van der Waals surface area contributed by atoms with Crippen molar-refractivity contribution >= 4 is 17.8 Å². The normalized spacial score (nSPS) is 10.3. The molecule has 0 saturated carbocycles. The maximum atomic E-state index is 11.4. The van der Waals surface area contributed by atoms with Crippen molar-refractivity contribution < 1.29 is 42.4 Å². The lowest BCUT2D eigenvalue weighted by atomic mass is 10.2. The minimum atomic E-state index is -5.19. The van der Waals surface area contributed by atoms with Gasteiger partial charge in [-0.25, -0.2) is 0 Å². The molecule has 2 aromatic rings. The highest BCUT2D eigenvalue weighted by Gasteiger charge is 2.28. The number of alkyl halides is 3. The second-order valence-electron chi connectivity index (χ2n) is 4.78. The molecule has 0 aliphatic rings. The van der Waals surface area contributed by atoms with E-state index in [0.717, 1.165) is 11.3 Å². The van der Waals surface area contributed by atoms with Gasteiger partial charge in [0.2, 0.25) is 0 Å². The van der Waals surface area contributed by atoms with Crippen LogP contribution in [0.2, 0.25) is 0 Å². The fraction of sp³-hybridized carbons (Fsp3) is 0.200. The van der Waals surface area contributed by atoms with Crippen LogP contribution in [-0.4, -0.2) is 45.8 Å². The van der Waals surface area contributed by atoms with E-state index in [4.69, 9.17) is 15.0 Å². The quantitative estimate of drug-likeness (QED) is 0.625. The molecule has 27 heavy (non-hydrogen) atoms. The summed E-state index contributed by atoms with van der Waals surface area (Å²) in [6, 6.07) is 7.36. The third-order valence-corrected chi connectivity index (χ3v) is 2.71. The van der Waals surface area contributed by atoms with Crippen LogP contribution in [0.15, 0.2) is 42.9 Å². The summed E-state index contributed by atoms with van der Waals surface area (Å²) in [6.07, 6.45) is -0.257. The summed E-state index contributed by atoms with van der Waals surface area (Å²) in [7, 11) is 0. The summed E-state index contributed by atoms with van der Waals surface area (Å²) in [5.41, 5.74) is 1.63. The summed E-state index contributed by atoms with van der Waals surface area (Å²) >= 11 is 0. The smallest absolute Gasteiger partial charge is 0.430 e. The second-order valence-corrected chi connectivity index (χ2v) is 4.78. The molecule has 0 spiro atoms. The zero-order chi connectivity index (χ0) is 20.4. The first-order valence-electron chi connectivity index (χ1n) is 7.13. The van der Waals surface area contributed by atoms with Crippen molar-refractivity contribution in [2.45, 2.75) is 12.7 Å². The molecular weight excluding hydrogens is 373 g/mol. The summed E-state index contributed by atoms with van der Waals surface area (Å²) in [4.78, 5) is 34.7. The average molecular weight is 386 g/mol. The molecule has 1 amide bonds. The Morgan fingerprint density at radius 1 is 1.22 bits per heavy atom. The topological polar surface area (TPSA) is 136 Å². The third kappa shape index (κ3) is 8.38. The van der Waals surface area contributed by atoms with Gasteiger partial charge in [0.1, 0.15) is 18.7 Å². The number of aliphatic carboxylic acids is 2. The van der Waals surface area contributed by atoms with Gasteiger partial charge in [-0.05, 0) is 17.2 Å². The number of aromatic nitrogens is 3. The first kappa shape index (κ1) is 21.5. The van der Waals surface area contributed by atoms with E-state index in [0.29, 0.717) is 0 Å². The van der Waals surface area contributed by atoms with E-state index in [-0.39, 0.29) is 6.54 Å². The number of nitrogens with one attached hydrogen (secondary N) is 1. The molecule has 0 saturated heterocycles. The number of hydrogen-bond donors (Lipinski definition) is 2. The van der Waals surface area contributed by atoms with Crippen molar-refractivity contribution in [3.8, 4) is 11.3 Å². The number of carbonyl (C=O) groups is 3. The minimum Gasteiger partial charge on any atom is -0.542 e. The SMILES string of the molecule is O=C(O)CNC(=O)C[n+]1ccc(-c2ccccn2)cn1.O=C([O-])C(F)(F)F. The molecule has 12 heteroatoms. The Balaban J connectivity index is 0.000000445. The van der Waals surface area contributed by atoms with Gasteiger partial charge < -0.3 is 20.3 Å². The molecule has 2 rings (SSSR count). The summed E-state index contributed by atoms with van der Waals surface area (Å²) < 4.78 is 33.0. The third-order valence-electron chi connectivity index (χ3n) is 2.71. The monoisotopic (exact) mass is 386 g/mol. The number of halogens is 3. The number of carboxylic acid groups (broad SMARTS) is 2.